The fraction of sp³-hybridized carbons (Fsp3) is 0.364. The smallest absolute Gasteiger partial charge is 0.220 e. The van der Waals surface area contributed by atoms with E-state index < -0.39 is 16.9 Å². The van der Waals surface area contributed by atoms with Crippen LogP contribution in [0.2, 0.25) is 0 Å². The summed E-state index contributed by atoms with van der Waals surface area (Å²) in [6.07, 6.45) is 0.165. The second-order valence-corrected chi connectivity index (χ2v) is 9.21. The molecule has 166 valence electrons. The van der Waals surface area contributed by atoms with Gasteiger partial charge in [0.05, 0.1) is 4.90 Å². The molecule has 2 aromatic carbocycles. The van der Waals surface area contributed by atoms with E-state index in [9.17, 15) is 18.9 Å². The minimum Gasteiger partial charge on any atom is -0.507 e. The summed E-state index contributed by atoms with van der Waals surface area (Å²) in [4.78, 5) is 22.8. The van der Waals surface area contributed by atoms with Gasteiger partial charge in [0, 0.05) is 44.7 Å². The summed E-state index contributed by atoms with van der Waals surface area (Å²) in [5.41, 5.74) is 8.22. The van der Waals surface area contributed by atoms with Gasteiger partial charge in [-0.1, -0.05) is 25.1 Å². The number of nitrogens with zero attached hydrogens (tertiary/aromatic N) is 1. The average molecular weight is 445 g/mol. The van der Waals surface area contributed by atoms with E-state index in [1.54, 1.807) is 24.3 Å². The Morgan fingerprint density at radius 1 is 1.13 bits per heavy atom. The van der Waals surface area contributed by atoms with Gasteiger partial charge in [-0.25, -0.2) is 8.51 Å². The van der Waals surface area contributed by atoms with E-state index in [0.717, 1.165) is 16.8 Å². The first-order valence-electron chi connectivity index (χ1n) is 10.2. The SMILES string of the molecule is CC(CNC(=O)CCC(N)=O)CNc1ccc2c(c1)CN(S(=O)c1ccccc1O)C2. The Morgan fingerprint density at radius 2 is 1.87 bits per heavy atom. The van der Waals surface area contributed by atoms with Crippen molar-refractivity contribution in [1.29, 1.82) is 0 Å². The van der Waals surface area contributed by atoms with Crippen molar-refractivity contribution in [1.82, 2.24) is 9.62 Å². The molecule has 9 heteroatoms. The summed E-state index contributed by atoms with van der Waals surface area (Å²) < 4.78 is 14.7. The molecule has 2 amide bonds. The van der Waals surface area contributed by atoms with Crippen LogP contribution in [-0.2, 0) is 33.7 Å². The molecule has 1 aliphatic rings. The molecule has 3 rings (SSSR count). The predicted molar refractivity (Wildman–Crippen MR) is 119 cm³/mol. The third kappa shape index (κ3) is 6.28. The van der Waals surface area contributed by atoms with Crippen molar-refractivity contribution in [2.24, 2.45) is 11.7 Å². The van der Waals surface area contributed by atoms with Crippen molar-refractivity contribution >= 4 is 28.5 Å². The lowest BCUT2D eigenvalue weighted by Gasteiger charge is -2.15. The molecule has 0 bridgehead atoms. The van der Waals surface area contributed by atoms with Crippen LogP contribution in [0.3, 0.4) is 0 Å². The van der Waals surface area contributed by atoms with Crippen molar-refractivity contribution in [3.8, 4) is 5.75 Å². The standard InChI is InChI=1S/C22H28N4O4S/c1-15(12-25-22(29)9-8-21(23)28)11-24-18-7-6-16-13-26(14-17(16)10-18)31(30)20-5-3-2-4-19(20)27/h2-7,10,15,24,27H,8-9,11-14H2,1H3,(H2,23,28)(H,25,29). The summed E-state index contributed by atoms with van der Waals surface area (Å²) >= 11 is 0. The molecular formula is C22H28N4O4S. The fourth-order valence-electron chi connectivity index (χ4n) is 3.31. The Hall–Kier alpha value is -2.91. The van der Waals surface area contributed by atoms with E-state index in [2.05, 4.69) is 16.7 Å². The predicted octanol–water partition coefficient (Wildman–Crippen LogP) is 1.86. The molecule has 0 aliphatic carbocycles. The molecular weight excluding hydrogens is 416 g/mol. The minimum atomic E-state index is -1.43. The highest BCUT2D eigenvalue weighted by Crippen LogP contribution is 2.31. The van der Waals surface area contributed by atoms with Crippen LogP contribution in [0.1, 0.15) is 30.9 Å². The van der Waals surface area contributed by atoms with E-state index in [-0.39, 0.29) is 30.4 Å². The number of anilines is 1. The van der Waals surface area contributed by atoms with Crippen molar-refractivity contribution in [3.63, 3.8) is 0 Å². The van der Waals surface area contributed by atoms with Gasteiger partial charge in [0.15, 0.2) is 0 Å². The maximum Gasteiger partial charge on any atom is 0.220 e. The van der Waals surface area contributed by atoms with E-state index in [1.165, 1.54) is 0 Å². The van der Waals surface area contributed by atoms with Gasteiger partial charge >= 0.3 is 0 Å². The highest BCUT2D eigenvalue weighted by molar-refractivity contribution is 7.82. The first kappa shape index (κ1) is 22.8. The second-order valence-electron chi connectivity index (χ2n) is 7.75. The molecule has 0 saturated carbocycles. The lowest BCUT2D eigenvalue weighted by Crippen LogP contribution is -2.31. The summed E-state index contributed by atoms with van der Waals surface area (Å²) in [6, 6.07) is 12.8. The zero-order valence-electron chi connectivity index (χ0n) is 17.5. The van der Waals surface area contributed by atoms with Crippen molar-refractivity contribution in [2.45, 2.75) is 37.8 Å². The number of rotatable bonds is 10. The number of primary amides is 1. The van der Waals surface area contributed by atoms with Gasteiger partial charge in [-0.2, -0.15) is 0 Å². The lowest BCUT2D eigenvalue weighted by atomic mass is 10.1. The van der Waals surface area contributed by atoms with Crippen LogP contribution in [-0.4, -0.2) is 38.5 Å². The van der Waals surface area contributed by atoms with Crippen LogP contribution in [0.5, 0.6) is 5.75 Å². The first-order chi connectivity index (χ1) is 14.8. The van der Waals surface area contributed by atoms with Gasteiger partial charge in [0.1, 0.15) is 16.7 Å². The van der Waals surface area contributed by atoms with E-state index in [1.807, 2.05) is 23.4 Å². The van der Waals surface area contributed by atoms with Crippen molar-refractivity contribution in [3.05, 3.63) is 53.6 Å². The number of aromatic hydroxyl groups is 1. The third-order valence-corrected chi connectivity index (χ3v) is 6.54. The molecule has 0 fully saturated rings. The molecule has 2 unspecified atom stereocenters. The third-order valence-electron chi connectivity index (χ3n) is 5.09. The number of carbonyl (C=O) groups excluding carboxylic acids is 2. The number of nitrogens with one attached hydrogen (secondary N) is 2. The number of para-hydroxylation sites is 1. The topological polar surface area (TPSA) is 125 Å². The van der Waals surface area contributed by atoms with Crippen LogP contribution in [0.25, 0.3) is 0 Å². The maximum absolute atomic E-state index is 12.8. The Balaban J connectivity index is 1.49. The average Bonchev–Trinajstić information content (AvgIpc) is 3.18. The van der Waals surface area contributed by atoms with Gasteiger partial charge in [0.2, 0.25) is 11.8 Å². The van der Waals surface area contributed by atoms with E-state index in [4.69, 9.17) is 5.73 Å². The van der Waals surface area contributed by atoms with E-state index >= 15 is 0 Å². The van der Waals surface area contributed by atoms with Crippen molar-refractivity contribution < 1.29 is 18.9 Å². The zero-order chi connectivity index (χ0) is 22.4. The Bertz CT molecular complexity index is 982. The Kier molecular flexibility index (Phi) is 7.64. The molecule has 5 N–H and O–H groups in total. The summed E-state index contributed by atoms with van der Waals surface area (Å²) in [5.74, 6) is -0.434. The van der Waals surface area contributed by atoms with Crippen molar-refractivity contribution in [2.75, 3.05) is 18.4 Å². The quantitative estimate of drug-likeness (QED) is 0.445. The largest absolute Gasteiger partial charge is 0.507 e. The highest BCUT2D eigenvalue weighted by atomic mass is 32.2. The number of amides is 2. The molecule has 0 aromatic heterocycles. The number of phenolic OH excluding ortho intramolecular Hbond substituents is 1. The molecule has 31 heavy (non-hydrogen) atoms. The number of hydrogen-bond acceptors (Lipinski definition) is 5. The van der Waals surface area contributed by atoms with Gasteiger partial charge in [-0.3, -0.25) is 9.59 Å². The van der Waals surface area contributed by atoms with Gasteiger partial charge in [-0.15, -0.1) is 0 Å². The molecule has 2 aromatic rings. The number of hydrogen-bond donors (Lipinski definition) is 4. The number of benzene rings is 2. The first-order valence-corrected chi connectivity index (χ1v) is 11.3. The maximum atomic E-state index is 12.8. The molecule has 0 radical (unpaired) electrons. The van der Waals surface area contributed by atoms with Gasteiger partial charge < -0.3 is 21.5 Å². The number of fused-ring (bicyclic) bond motifs is 1. The minimum absolute atomic E-state index is 0.0369. The van der Waals surface area contributed by atoms with Crippen LogP contribution in [0.4, 0.5) is 5.69 Å². The monoisotopic (exact) mass is 444 g/mol. The molecule has 0 saturated heterocycles. The molecule has 1 aliphatic heterocycles. The number of carbonyl (C=O) groups is 2. The summed E-state index contributed by atoms with van der Waals surface area (Å²) in [7, 11) is -1.43. The van der Waals surface area contributed by atoms with Crippen LogP contribution < -0.4 is 16.4 Å². The molecule has 1 heterocycles. The molecule has 2 atom stereocenters. The Morgan fingerprint density at radius 3 is 2.61 bits per heavy atom. The lowest BCUT2D eigenvalue weighted by molar-refractivity contribution is -0.125. The fourth-order valence-corrected chi connectivity index (χ4v) is 4.54. The Labute approximate surface area is 184 Å². The van der Waals surface area contributed by atoms with E-state index in [0.29, 0.717) is 31.1 Å². The van der Waals surface area contributed by atoms with Gasteiger partial charge in [-0.05, 0) is 41.3 Å². The highest BCUT2D eigenvalue weighted by Gasteiger charge is 2.26. The summed E-state index contributed by atoms with van der Waals surface area (Å²) in [6.45, 7) is 4.29. The molecule has 0 spiro atoms. The zero-order valence-corrected chi connectivity index (χ0v) is 18.3. The number of phenols is 1. The normalized spacial score (nSPS) is 15.1. The summed E-state index contributed by atoms with van der Waals surface area (Å²) in [5, 5.41) is 16.2. The van der Waals surface area contributed by atoms with Crippen LogP contribution in [0, 0.1) is 5.92 Å². The van der Waals surface area contributed by atoms with Gasteiger partial charge in [0.25, 0.3) is 0 Å². The number of nitrogens with two attached hydrogens (primary N) is 1. The van der Waals surface area contributed by atoms with Crippen LogP contribution in [0.15, 0.2) is 47.4 Å². The van der Waals surface area contributed by atoms with Crippen LogP contribution >= 0.6 is 0 Å². The molecule has 8 nitrogen and oxygen atoms in total. The second kappa shape index (κ2) is 10.4.